The number of ether oxygens (including phenoxy) is 1. The van der Waals surface area contributed by atoms with Gasteiger partial charge in [0.1, 0.15) is 5.75 Å². The van der Waals surface area contributed by atoms with Crippen molar-refractivity contribution in [2.24, 2.45) is 5.10 Å². The van der Waals surface area contributed by atoms with Crippen molar-refractivity contribution < 1.29 is 9.53 Å². The molecule has 0 aromatic heterocycles. The highest BCUT2D eigenvalue weighted by Gasteiger charge is 2.02. The van der Waals surface area contributed by atoms with Crippen LogP contribution in [-0.2, 0) is 4.79 Å². The highest BCUT2D eigenvalue weighted by Crippen LogP contribution is 2.20. The summed E-state index contributed by atoms with van der Waals surface area (Å²) in [6, 6.07) is 13.5. The molecule has 6 heteroatoms. The average Bonchev–Trinajstić information content (AvgIpc) is 2.54. The monoisotopic (exact) mass is 423 g/mol. The van der Waals surface area contributed by atoms with Crippen molar-refractivity contribution in [3.63, 3.8) is 0 Å². The minimum atomic E-state index is -0.201. The molecule has 2 aromatic rings. The molecule has 0 saturated heterocycles. The van der Waals surface area contributed by atoms with Crippen LogP contribution in [0.3, 0.4) is 0 Å². The number of halogens is 1. The van der Waals surface area contributed by atoms with E-state index in [2.05, 4.69) is 38.4 Å². The second kappa shape index (κ2) is 8.52. The maximum Gasteiger partial charge on any atom is 0.259 e. The van der Waals surface area contributed by atoms with Gasteiger partial charge in [-0.05, 0) is 64.9 Å². The predicted octanol–water partition coefficient (Wildman–Crippen LogP) is 3.17. The van der Waals surface area contributed by atoms with Crippen LogP contribution in [0.2, 0.25) is 0 Å². The quantitative estimate of drug-likeness (QED) is 0.426. The molecule has 120 valence electrons. The first kappa shape index (κ1) is 17.3. The number of rotatable bonds is 6. The van der Waals surface area contributed by atoms with Gasteiger partial charge in [0.05, 0.1) is 23.4 Å². The third-order valence-electron chi connectivity index (χ3n) is 3.16. The fraction of sp³-hybridized carbons (Fsp3) is 0.176. The maximum absolute atomic E-state index is 11.8. The van der Waals surface area contributed by atoms with Crippen LogP contribution in [0, 0.1) is 10.5 Å². The summed E-state index contributed by atoms with van der Waals surface area (Å²) in [5.74, 6) is 0.613. The standard InChI is InChI=1S/C17H18IN3O2/c1-12-5-3-4-6-15(12)19-11-17(22)21-20-10-13-7-8-16(23-2)14(18)9-13/h3-10,19H,11H2,1-2H3,(H,21,22). The predicted molar refractivity (Wildman–Crippen MR) is 101 cm³/mol. The average molecular weight is 423 g/mol. The number of nitrogens with one attached hydrogen (secondary N) is 2. The summed E-state index contributed by atoms with van der Waals surface area (Å²) in [7, 11) is 1.63. The van der Waals surface area contributed by atoms with Crippen molar-refractivity contribution >= 4 is 40.4 Å². The van der Waals surface area contributed by atoms with E-state index in [1.807, 2.05) is 49.4 Å². The van der Waals surface area contributed by atoms with Gasteiger partial charge in [-0.25, -0.2) is 5.43 Å². The zero-order valence-electron chi connectivity index (χ0n) is 13.0. The number of hydrazone groups is 1. The molecule has 0 aliphatic heterocycles. The van der Waals surface area contributed by atoms with Gasteiger partial charge in [-0.3, -0.25) is 4.79 Å². The number of methoxy groups -OCH3 is 1. The van der Waals surface area contributed by atoms with Crippen LogP contribution in [0.15, 0.2) is 47.6 Å². The van der Waals surface area contributed by atoms with Crippen molar-refractivity contribution in [2.75, 3.05) is 19.0 Å². The van der Waals surface area contributed by atoms with Crippen LogP contribution >= 0.6 is 22.6 Å². The molecular formula is C17H18IN3O2. The first-order valence-corrected chi connectivity index (χ1v) is 8.13. The molecule has 23 heavy (non-hydrogen) atoms. The van der Waals surface area contributed by atoms with Gasteiger partial charge in [-0.15, -0.1) is 0 Å². The van der Waals surface area contributed by atoms with Gasteiger partial charge in [-0.2, -0.15) is 5.10 Å². The molecule has 1 amide bonds. The number of aryl methyl sites for hydroxylation is 1. The van der Waals surface area contributed by atoms with Gasteiger partial charge in [0.25, 0.3) is 5.91 Å². The number of amides is 1. The summed E-state index contributed by atoms with van der Waals surface area (Å²) < 4.78 is 6.18. The molecule has 0 bridgehead atoms. The van der Waals surface area contributed by atoms with E-state index in [0.717, 1.165) is 26.1 Å². The van der Waals surface area contributed by atoms with Crippen LogP contribution in [0.25, 0.3) is 0 Å². The van der Waals surface area contributed by atoms with Crippen LogP contribution in [0.1, 0.15) is 11.1 Å². The number of nitrogens with zero attached hydrogens (tertiary/aromatic N) is 1. The van der Waals surface area contributed by atoms with Crippen LogP contribution in [-0.4, -0.2) is 25.8 Å². The number of anilines is 1. The lowest BCUT2D eigenvalue weighted by Crippen LogP contribution is -2.26. The molecule has 0 spiro atoms. The highest BCUT2D eigenvalue weighted by atomic mass is 127. The Hall–Kier alpha value is -2.09. The first-order chi connectivity index (χ1) is 11.1. The smallest absolute Gasteiger partial charge is 0.259 e. The van der Waals surface area contributed by atoms with Crippen LogP contribution in [0.4, 0.5) is 5.69 Å². The van der Waals surface area contributed by atoms with E-state index in [4.69, 9.17) is 4.74 Å². The molecule has 0 aliphatic carbocycles. The third-order valence-corrected chi connectivity index (χ3v) is 4.01. The lowest BCUT2D eigenvalue weighted by Gasteiger charge is -2.07. The van der Waals surface area contributed by atoms with E-state index in [1.165, 1.54) is 0 Å². The molecule has 0 unspecified atom stereocenters. The van der Waals surface area contributed by atoms with Crippen molar-refractivity contribution in [2.45, 2.75) is 6.92 Å². The fourth-order valence-electron chi connectivity index (χ4n) is 1.93. The van der Waals surface area contributed by atoms with Crippen molar-refractivity contribution in [3.05, 3.63) is 57.2 Å². The molecule has 0 fully saturated rings. The van der Waals surface area contributed by atoms with Crippen molar-refractivity contribution in [3.8, 4) is 5.75 Å². The van der Waals surface area contributed by atoms with Gasteiger partial charge < -0.3 is 10.1 Å². The van der Waals surface area contributed by atoms with Crippen molar-refractivity contribution in [1.29, 1.82) is 0 Å². The van der Waals surface area contributed by atoms with Crippen molar-refractivity contribution in [1.82, 2.24) is 5.43 Å². The van der Waals surface area contributed by atoms with Gasteiger partial charge in [0.2, 0.25) is 0 Å². The van der Waals surface area contributed by atoms with E-state index >= 15 is 0 Å². The van der Waals surface area contributed by atoms with E-state index in [0.29, 0.717) is 0 Å². The molecule has 2 N–H and O–H groups in total. The summed E-state index contributed by atoms with van der Waals surface area (Å²) in [5, 5.41) is 7.05. The van der Waals surface area contributed by atoms with Gasteiger partial charge in [0, 0.05) is 5.69 Å². The van der Waals surface area contributed by atoms with E-state index in [-0.39, 0.29) is 12.5 Å². The zero-order chi connectivity index (χ0) is 16.7. The topological polar surface area (TPSA) is 62.7 Å². The van der Waals surface area contributed by atoms with E-state index in [1.54, 1.807) is 13.3 Å². The van der Waals surface area contributed by atoms with Gasteiger partial charge >= 0.3 is 0 Å². The Morgan fingerprint density at radius 2 is 2.09 bits per heavy atom. The summed E-state index contributed by atoms with van der Waals surface area (Å²) in [6.07, 6.45) is 1.60. The molecule has 0 radical (unpaired) electrons. The minimum Gasteiger partial charge on any atom is -0.496 e. The number of para-hydroxylation sites is 1. The fourth-order valence-corrected chi connectivity index (χ4v) is 2.69. The molecule has 2 rings (SSSR count). The second-order valence-electron chi connectivity index (χ2n) is 4.86. The van der Waals surface area contributed by atoms with Crippen LogP contribution in [0.5, 0.6) is 5.75 Å². The number of hydrogen-bond acceptors (Lipinski definition) is 4. The third kappa shape index (κ3) is 5.24. The Balaban J connectivity index is 1.84. The lowest BCUT2D eigenvalue weighted by atomic mass is 10.2. The first-order valence-electron chi connectivity index (χ1n) is 7.05. The summed E-state index contributed by atoms with van der Waals surface area (Å²) in [4.78, 5) is 11.8. The zero-order valence-corrected chi connectivity index (χ0v) is 15.1. The van der Waals surface area contributed by atoms with Crippen LogP contribution < -0.4 is 15.5 Å². The Kier molecular flexibility index (Phi) is 6.40. The molecule has 0 atom stereocenters. The normalized spacial score (nSPS) is 10.6. The number of carbonyl (C=O) groups excluding carboxylic acids is 1. The van der Waals surface area contributed by atoms with E-state index in [9.17, 15) is 4.79 Å². The van der Waals surface area contributed by atoms with Gasteiger partial charge in [-0.1, -0.05) is 18.2 Å². The molecule has 5 nitrogen and oxygen atoms in total. The largest absolute Gasteiger partial charge is 0.496 e. The maximum atomic E-state index is 11.8. The number of hydrogen-bond donors (Lipinski definition) is 2. The Morgan fingerprint density at radius 1 is 1.30 bits per heavy atom. The highest BCUT2D eigenvalue weighted by molar-refractivity contribution is 14.1. The van der Waals surface area contributed by atoms with E-state index < -0.39 is 0 Å². The molecule has 0 heterocycles. The Bertz CT molecular complexity index is 717. The lowest BCUT2D eigenvalue weighted by molar-refractivity contribution is -0.119. The summed E-state index contributed by atoms with van der Waals surface area (Å²) in [6.45, 7) is 2.16. The molecule has 0 aliphatic rings. The molecule has 0 saturated carbocycles. The Morgan fingerprint density at radius 3 is 2.78 bits per heavy atom. The second-order valence-corrected chi connectivity index (χ2v) is 6.02. The number of benzene rings is 2. The summed E-state index contributed by atoms with van der Waals surface area (Å²) in [5.41, 5.74) is 5.43. The number of carbonyl (C=O) groups is 1. The molecule has 2 aromatic carbocycles. The summed E-state index contributed by atoms with van der Waals surface area (Å²) >= 11 is 2.19. The molecular weight excluding hydrogens is 405 g/mol. The van der Waals surface area contributed by atoms with Gasteiger partial charge in [0.15, 0.2) is 0 Å². The Labute approximate surface area is 149 Å². The minimum absolute atomic E-state index is 0.169. The SMILES string of the molecule is COc1ccc(C=NNC(=O)CNc2ccccc2C)cc1I.